The molecule has 1 atom stereocenters. The molecule has 0 aromatic carbocycles. The van der Waals surface area contributed by atoms with Gasteiger partial charge in [0.1, 0.15) is 0 Å². The van der Waals surface area contributed by atoms with Gasteiger partial charge in [0.25, 0.3) is 0 Å². The van der Waals surface area contributed by atoms with Crippen LogP contribution in [0.1, 0.15) is 52.4 Å². The van der Waals surface area contributed by atoms with Gasteiger partial charge in [-0.15, -0.1) is 0 Å². The predicted octanol–water partition coefficient (Wildman–Crippen LogP) is 2.68. The lowest BCUT2D eigenvalue weighted by Crippen LogP contribution is -2.46. The Kier molecular flexibility index (Phi) is 5.44. The van der Waals surface area contributed by atoms with Crippen LogP contribution in [0.25, 0.3) is 0 Å². The maximum absolute atomic E-state index is 4.68. The second-order valence-electron chi connectivity index (χ2n) is 7.26. The summed E-state index contributed by atoms with van der Waals surface area (Å²) in [5.74, 6) is 0. The molecular weight excluding hydrogens is 260 g/mol. The molecule has 0 bridgehead atoms. The Balaban J connectivity index is 2.08. The van der Waals surface area contributed by atoms with Crippen molar-refractivity contribution in [2.75, 3.05) is 19.6 Å². The molecule has 1 fully saturated rings. The van der Waals surface area contributed by atoms with E-state index in [1.54, 1.807) is 0 Å². The summed E-state index contributed by atoms with van der Waals surface area (Å²) in [6.45, 7) is 16.8. The third kappa shape index (κ3) is 4.30. The SMILES string of the molecule is CCc1cc(CN2CCCNC(C(C)(C)C)C2)n(CC)n1. The van der Waals surface area contributed by atoms with Crippen LogP contribution in [0.15, 0.2) is 6.07 Å². The molecule has 120 valence electrons. The first-order chi connectivity index (χ1) is 9.94. The van der Waals surface area contributed by atoms with E-state index in [2.05, 4.69) is 60.7 Å². The van der Waals surface area contributed by atoms with Gasteiger partial charge < -0.3 is 5.32 Å². The maximum atomic E-state index is 4.68. The summed E-state index contributed by atoms with van der Waals surface area (Å²) in [7, 11) is 0. The molecule has 0 aliphatic carbocycles. The fourth-order valence-corrected chi connectivity index (χ4v) is 3.03. The second-order valence-corrected chi connectivity index (χ2v) is 7.26. The lowest BCUT2D eigenvalue weighted by Gasteiger charge is -2.33. The van der Waals surface area contributed by atoms with Crippen LogP contribution in [-0.2, 0) is 19.5 Å². The summed E-state index contributed by atoms with van der Waals surface area (Å²) in [4.78, 5) is 2.60. The van der Waals surface area contributed by atoms with Crippen molar-refractivity contribution in [2.45, 2.75) is 66.6 Å². The van der Waals surface area contributed by atoms with Crippen LogP contribution < -0.4 is 5.32 Å². The van der Waals surface area contributed by atoms with Crippen molar-refractivity contribution in [2.24, 2.45) is 5.41 Å². The van der Waals surface area contributed by atoms with Crippen molar-refractivity contribution in [3.63, 3.8) is 0 Å². The highest BCUT2D eigenvalue weighted by Gasteiger charge is 2.28. The highest BCUT2D eigenvalue weighted by atomic mass is 15.3. The van der Waals surface area contributed by atoms with Crippen LogP contribution in [0.3, 0.4) is 0 Å². The first-order valence-corrected chi connectivity index (χ1v) is 8.45. The summed E-state index contributed by atoms with van der Waals surface area (Å²) >= 11 is 0. The number of hydrogen-bond acceptors (Lipinski definition) is 3. The van der Waals surface area contributed by atoms with Crippen molar-refractivity contribution in [3.05, 3.63) is 17.5 Å². The molecule has 1 aromatic rings. The fourth-order valence-electron chi connectivity index (χ4n) is 3.03. The quantitative estimate of drug-likeness (QED) is 0.926. The lowest BCUT2D eigenvalue weighted by atomic mass is 9.86. The molecular formula is C17H32N4. The van der Waals surface area contributed by atoms with Gasteiger partial charge in [-0.1, -0.05) is 27.7 Å². The smallest absolute Gasteiger partial charge is 0.0625 e. The van der Waals surface area contributed by atoms with Gasteiger partial charge in [0.05, 0.1) is 11.4 Å². The normalized spacial score (nSPS) is 21.5. The predicted molar refractivity (Wildman–Crippen MR) is 88.4 cm³/mol. The third-order valence-corrected chi connectivity index (χ3v) is 4.49. The van der Waals surface area contributed by atoms with E-state index in [4.69, 9.17) is 0 Å². The first-order valence-electron chi connectivity index (χ1n) is 8.45. The van der Waals surface area contributed by atoms with Gasteiger partial charge in [0.2, 0.25) is 0 Å². The number of nitrogens with one attached hydrogen (secondary N) is 1. The van der Waals surface area contributed by atoms with Crippen molar-refractivity contribution in [1.82, 2.24) is 20.0 Å². The van der Waals surface area contributed by atoms with Gasteiger partial charge in [0, 0.05) is 25.7 Å². The molecule has 4 heteroatoms. The Hall–Kier alpha value is -0.870. The molecule has 1 saturated heterocycles. The molecule has 0 saturated carbocycles. The Labute approximate surface area is 129 Å². The van der Waals surface area contributed by atoms with E-state index < -0.39 is 0 Å². The van der Waals surface area contributed by atoms with Gasteiger partial charge in [-0.2, -0.15) is 5.10 Å². The third-order valence-electron chi connectivity index (χ3n) is 4.49. The molecule has 1 aromatic heterocycles. The Morgan fingerprint density at radius 3 is 2.71 bits per heavy atom. The van der Waals surface area contributed by atoms with Gasteiger partial charge >= 0.3 is 0 Å². The van der Waals surface area contributed by atoms with Crippen molar-refractivity contribution < 1.29 is 0 Å². The van der Waals surface area contributed by atoms with Gasteiger partial charge in [-0.25, -0.2) is 0 Å². The zero-order valence-corrected chi connectivity index (χ0v) is 14.4. The molecule has 0 radical (unpaired) electrons. The van der Waals surface area contributed by atoms with Crippen LogP contribution in [0, 0.1) is 5.41 Å². The van der Waals surface area contributed by atoms with Crippen molar-refractivity contribution in [1.29, 1.82) is 0 Å². The summed E-state index contributed by atoms with van der Waals surface area (Å²) in [6.07, 6.45) is 2.25. The minimum absolute atomic E-state index is 0.308. The molecule has 1 N–H and O–H groups in total. The largest absolute Gasteiger partial charge is 0.312 e. The molecule has 4 nitrogen and oxygen atoms in total. The van der Waals surface area contributed by atoms with Crippen LogP contribution in [0.4, 0.5) is 0 Å². The number of aryl methyl sites for hydroxylation is 2. The minimum atomic E-state index is 0.308. The van der Waals surface area contributed by atoms with Crippen LogP contribution in [0.2, 0.25) is 0 Å². The number of aromatic nitrogens is 2. The van der Waals surface area contributed by atoms with E-state index in [9.17, 15) is 0 Å². The van der Waals surface area contributed by atoms with Gasteiger partial charge in [0.15, 0.2) is 0 Å². The summed E-state index contributed by atoms with van der Waals surface area (Å²) in [5, 5.41) is 8.40. The number of rotatable bonds is 4. The molecule has 2 rings (SSSR count). The van der Waals surface area contributed by atoms with Crippen molar-refractivity contribution in [3.8, 4) is 0 Å². The van der Waals surface area contributed by atoms with E-state index in [1.165, 1.54) is 24.4 Å². The highest BCUT2D eigenvalue weighted by molar-refractivity contribution is 5.10. The van der Waals surface area contributed by atoms with Crippen molar-refractivity contribution >= 4 is 0 Å². The number of nitrogens with zero attached hydrogens (tertiary/aromatic N) is 3. The van der Waals surface area contributed by atoms with Crippen LogP contribution >= 0.6 is 0 Å². The molecule has 21 heavy (non-hydrogen) atoms. The minimum Gasteiger partial charge on any atom is -0.312 e. The van der Waals surface area contributed by atoms with Crippen LogP contribution in [-0.4, -0.2) is 40.4 Å². The number of hydrogen-bond donors (Lipinski definition) is 1. The van der Waals surface area contributed by atoms with Gasteiger partial charge in [-0.05, 0) is 44.3 Å². The zero-order chi connectivity index (χ0) is 15.5. The molecule has 0 amide bonds. The summed E-state index contributed by atoms with van der Waals surface area (Å²) in [6, 6.07) is 2.84. The summed E-state index contributed by atoms with van der Waals surface area (Å²) in [5.41, 5.74) is 2.89. The Bertz CT molecular complexity index is 444. The fraction of sp³-hybridized carbons (Fsp3) is 0.824. The molecule has 2 heterocycles. The standard InChI is InChI=1S/C17H32N4/c1-6-14-11-15(21(7-2)19-14)12-20-10-8-9-18-16(13-20)17(3,4)5/h11,16,18H,6-10,12-13H2,1-5H3. The van der Waals surface area contributed by atoms with E-state index >= 15 is 0 Å². The highest BCUT2D eigenvalue weighted by Crippen LogP contribution is 2.22. The maximum Gasteiger partial charge on any atom is 0.0625 e. The molecule has 0 spiro atoms. The van der Waals surface area contributed by atoms with E-state index in [1.807, 2.05) is 0 Å². The average molecular weight is 292 g/mol. The van der Waals surface area contributed by atoms with E-state index in [-0.39, 0.29) is 0 Å². The Morgan fingerprint density at radius 1 is 1.33 bits per heavy atom. The van der Waals surface area contributed by atoms with Crippen LogP contribution in [0.5, 0.6) is 0 Å². The zero-order valence-electron chi connectivity index (χ0n) is 14.4. The molecule has 1 aliphatic rings. The lowest BCUT2D eigenvalue weighted by molar-refractivity contribution is 0.189. The topological polar surface area (TPSA) is 33.1 Å². The Morgan fingerprint density at radius 2 is 2.10 bits per heavy atom. The first kappa shape index (κ1) is 16.5. The molecule has 1 unspecified atom stereocenters. The van der Waals surface area contributed by atoms with E-state index in [0.29, 0.717) is 11.5 Å². The monoisotopic (exact) mass is 292 g/mol. The summed E-state index contributed by atoms with van der Waals surface area (Å²) < 4.78 is 2.17. The average Bonchev–Trinajstić information content (AvgIpc) is 2.65. The second kappa shape index (κ2) is 6.93. The van der Waals surface area contributed by atoms with Gasteiger partial charge in [-0.3, -0.25) is 9.58 Å². The molecule has 1 aliphatic heterocycles. The van der Waals surface area contributed by atoms with E-state index in [0.717, 1.165) is 32.6 Å².